The summed E-state index contributed by atoms with van der Waals surface area (Å²) in [5, 5.41) is 10.9. The van der Waals surface area contributed by atoms with Crippen molar-refractivity contribution in [3.8, 4) is 11.5 Å². The molecule has 0 radical (unpaired) electrons. The lowest BCUT2D eigenvalue weighted by Crippen LogP contribution is -2.20. The second kappa shape index (κ2) is 8.61. The van der Waals surface area contributed by atoms with Gasteiger partial charge in [0.1, 0.15) is 6.61 Å². The topological polar surface area (TPSA) is 77.8 Å². The Kier molecular flexibility index (Phi) is 5.99. The Labute approximate surface area is 162 Å². The van der Waals surface area contributed by atoms with E-state index in [0.29, 0.717) is 17.5 Å². The average molecular weight is 381 g/mol. The molecule has 0 unspecified atom stereocenters. The molecule has 0 amide bonds. The summed E-state index contributed by atoms with van der Waals surface area (Å²) in [6, 6.07) is 14.1. The SMILES string of the molecule is CCCCOc1c(O)c2cc(C(=O)OCc3ccccc3)ccc2n(C)c1=O. The van der Waals surface area contributed by atoms with Crippen molar-refractivity contribution in [2.24, 2.45) is 7.05 Å². The zero-order valence-corrected chi connectivity index (χ0v) is 16.0. The van der Waals surface area contributed by atoms with Crippen molar-refractivity contribution in [1.29, 1.82) is 0 Å². The zero-order chi connectivity index (χ0) is 20.1. The Morgan fingerprint density at radius 3 is 2.61 bits per heavy atom. The van der Waals surface area contributed by atoms with Crippen molar-refractivity contribution in [3.05, 3.63) is 70.0 Å². The average Bonchev–Trinajstić information content (AvgIpc) is 2.73. The second-order valence-electron chi connectivity index (χ2n) is 6.54. The molecule has 6 heteroatoms. The molecule has 146 valence electrons. The highest BCUT2D eigenvalue weighted by atomic mass is 16.5. The highest BCUT2D eigenvalue weighted by Crippen LogP contribution is 2.32. The van der Waals surface area contributed by atoms with Crippen molar-refractivity contribution in [3.63, 3.8) is 0 Å². The number of unbranched alkanes of at least 4 members (excludes halogenated alkanes) is 1. The summed E-state index contributed by atoms with van der Waals surface area (Å²) < 4.78 is 12.2. The summed E-state index contributed by atoms with van der Waals surface area (Å²) >= 11 is 0. The lowest BCUT2D eigenvalue weighted by molar-refractivity contribution is 0.0473. The molecule has 0 spiro atoms. The number of esters is 1. The molecule has 0 bridgehead atoms. The van der Waals surface area contributed by atoms with Crippen molar-refractivity contribution >= 4 is 16.9 Å². The van der Waals surface area contributed by atoms with E-state index in [-0.39, 0.29) is 23.7 Å². The number of aryl methyl sites for hydroxylation is 1. The van der Waals surface area contributed by atoms with E-state index in [4.69, 9.17) is 9.47 Å². The molecule has 0 aliphatic rings. The number of carbonyl (C=O) groups excluding carboxylic acids is 1. The van der Waals surface area contributed by atoms with Gasteiger partial charge in [-0.25, -0.2) is 4.79 Å². The molecule has 28 heavy (non-hydrogen) atoms. The first kappa shape index (κ1) is 19.5. The molecule has 1 aromatic heterocycles. The van der Waals surface area contributed by atoms with Crippen LogP contribution in [-0.4, -0.2) is 22.2 Å². The summed E-state index contributed by atoms with van der Waals surface area (Å²) in [7, 11) is 1.60. The minimum Gasteiger partial charge on any atom is -0.504 e. The Morgan fingerprint density at radius 1 is 1.14 bits per heavy atom. The summed E-state index contributed by atoms with van der Waals surface area (Å²) in [5.74, 6) is -0.863. The molecule has 1 heterocycles. The quantitative estimate of drug-likeness (QED) is 0.498. The summed E-state index contributed by atoms with van der Waals surface area (Å²) in [6.45, 7) is 2.50. The molecule has 0 fully saturated rings. The number of rotatable bonds is 7. The number of fused-ring (bicyclic) bond motifs is 1. The van der Waals surface area contributed by atoms with Crippen molar-refractivity contribution in [2.75, 3.05) is 6.61 Å². The number of nitrogens with zero attached hydrogens (tertiary/aromatic N) is 1. The van der Waals surface area contributed by atoms with E-state index < -0.39 is 11.5 Å². The number of aromatic nitrogens is 1. The van der Waals surface area contributed by atoms with Gasteiger partial charge in [0.15, 0.2) is 5.75 Å². The highest BCUT2D eigenvalue weighted by Gasteiger charge is 2.18. The fourth-order valence-electron chi connectivity index (χ4n) is 2.89. The maximum absolute atomic E-state index is 12.5. The number of ether oxygens (including phenoxy) is 2. The van der Waals surface area contributed by atoms with Gasteiger partial charge >= 0.3 is 5.97 Å². The predicted molar refractivity (Wildman–Crippen MR) is 107 cm³/mol. The van der Waals surface area contributed by atoms with Crippen LogP contribution in [0.1, 0.15) is 35.7 Å². The molecule has 0 atom stereocenters. The van der Waals surface area contributed by atoms with Gasteiger partial charge in [-0.3, -0.25) is 4.79 Å². The van der Waals surface area contributed by atoms with Gasteiger partial charge in [0.05, 0.1) is 17.7 Å². The molecule has 3 rings (SSSR count). The van der Waals surface area contributed by atoms with E-state index in [1.165, 1.54) is 10.6 Å². The number of pyridine rings is 1. The van der Waals surface area contributed by atoms with Crippen molar-refractivity contribution in [1.82, 2.24) is 4.57 Å². The minimum absolute atomic E-state index is 0.0988. The highest BCUT2D eigenvalue weighted by molar-refractivity contribution is 5.97. The number of hydrogen-bond acceptors (Lipinski definition) is 5. The van der Waals surface area contributed by atoms with E-state index in [1.54, 1.807) is 19.2 Å². The predicted octanol–water partition coefficient (Wildman–Crippen LogP) is 3.78. The van der Waals surface area contributed by atoms with Crippen LogP contribution < -0.4 is 10.3 Å². The van der Waals surface area contributed by atoms with Crippen molar-refractivity contribution in [2.45, 2.75) is 26.4 Å². The van der Waals surface area contributed by atoms with Crippen LogP contribution in [-0.2, 0) is 18.4 Å². The summed E-state index contributed by atoms with van der Waals surface area (Å²) in [6.07, 6.45) is 1.68. The molecular formula is C22H23NO5. The number of benzene rings is 2. The van der Waals surface area contributed by atoms with Crippen LogP contribution in [0.25, 0.3) is 10.9 Å². The Hall–Kier alpha value is -3.28. The molecular weight excluding hydrogens is 358 g/mol. The van der Waals surface area contributed by atoms with Gasteiger partial charge < -0.3 is 19.1 Å². The van der Waals surface area contributed by atoms with Gasteiger partial charge in [-0.1, -0.05) is 43.7 Å². The monoisotopic (exact) mass is 381 g/mol. The fourth-order valence-corrected chi connectivity index (χ4v) is 2.89. The minimum atomic E-state index is -0.507. The molecule has 0 aliphatic heterocycles. The van der Waals surface area contributed by atoms with Crippen LogP contribution in [0.4, 0.5) is 0 Å². The summed E-state index contributed by atoms with van der Waals surface area (Å²) in [4.78, 5) is 24.9. The number of hydrogen-bond donors (Lipinski definition) is 1. The zero-order valence-electron chi connectivity index (χ0n) is 16.0. The van der Waals surface area contributed by atoms with E-state index in [2.05, 4.69) is 0 Å². The third kappa shape index (κ3) is 4.01. The van der Waals surface area contributed by atoms with Gasteiger partial charge in [-0.05, 0) is 30.2 Å². The third-order valence-corrected chi connectivity index (χ3v) is 4.52. The second-order valence-corrected chi connectivity index (χ2v) is 6.54. The van der Waals surface area contributed by atoms with Crippen LogP contribution in [0.15, 0.2) is 53.3 Å². The van der Waals surface area contributed by atoms with Gasteiger partial charge in [-0.15, -0.1) is 0 Å². The van der Waals surface area contributed by atoms with E-state index >= 15 is 0 Å². The first-order valence-electron chi connectivity index (χ1n) is 9.22. The Balaban J connectivity index is 1.91. The maximum Gasteiger partial charge on any atom is 0.338 e. The lowest BCUT2D eigenvalue weighted by atomic mass is 10.1. The van der Waals surface area contributed by atoms with E-state index in [1.807, 2.05) is 37.3 Å². The van der Waals surface area contributed by atoms with Gasteiger partial charge in [0.25, 0.3) is 5.56 Å². The first-order valence-corrected chi connectivity index (χ1v) is 9.22. The number of carbonyl (C=O) groups is 1. The molecule has 1 N–H and O–H groups in total. The van der Waals surface area contributed by atoms with Gasteiger partial charge in [0, 0.05) is 12.4 Å². The van der Waals surface area contributed by atoms with Gasteiger partial charge in [-0.2, -0.15) is 0 Å². The molecule has 3 aromatic rings. The fraction of sp³-hybridized carbons (Fsp3) is 0.273. The van der Waals surface area contributed by atoms with Crippen LogP contribution in [0, 0.1) is 0 Å². The van der Waals surface area contributed by atoms with Crippen molar-refractivity contribution < 1.29 is 19.4 Å². The van der Waals surface area contributed by atoms with Crippen LogP contribution in [0.5, 0.6) is 11.5 Å². The molecule has 0 saturated carbocycles. The van der Waals surface area contributed by atoms with Crippen LogP contribution >= 0.6 is 0 Å². The maximum atomic E-state index is 12.5. The van der Waals surface area contributed by atoms with E-state index in [9.17, 15) is 14.7 Å². The largest absolute Gasteiger partial charge is 0.504 e. The lowest BCUT2D eigenvalue weighted by Gasteiger charge is -2.13. The summed E-state index contributed by atoms with van der Waals surface area (Å²) in [5.41, 5.74) is 1.26. The van der Waals surface area contributed by atoms with Crippen LogP contribution in [0.3, 0.4) is 0 Å². The third-order valence-electron chi connectivity index (χ3n) is 4.52. The first-order chi connectivity index (χ1) is 13.5. The standard InChI is InChI=1S/C22H23NO5/c1-3-4-12-27-20-19(24)17-13-16(10-11-18(17)23(2)21(20)25)22(26)28-14-15-8-6-5-7-9-15/h5-11,13,24H,3-4,12,14H2,1-2H3. The molecule has 6 nitrogen and oxygen atoms in total. The smallest absolute Gasteiger partial charge is 0.338 e. The Morgan fingerprint density at radius 2 is 1.89 bits per heavy atom. The normalized spacial score (nSPS) is 10.8. The Bertz CT molecular complexity index is 1040. The van der Waals surface area contributed by atoms with Crippen LogP contribution in [0.2, 0.25) is 0 Å². The van der Waals surface area contributed by atoms with Gasteiger partial charge in [0.2, 0.25) is 5.75 Å². The number of aromatic hydroxyl groups is 1. The van der Waals surface area contributed by atoms with E-state index in [0.717, 1.165) is 18.4 Å². The molecule has 0 saturated heterocycles. The molecule has 0 aliphatic carbocycles. The molecule has 2 aromatic carbocycles.